The number of hydrogen-bond acceptors (Lipinski definition) is 3. The number of benzene rings is 1. The summed E-state index contributed by atoms with van der Waals surface area (Å²) in [6.45, 7) is 7.07. The number of nitrogens with zero attached hydrogens (tertiary/aromatic N) is 2. The second-order valence-electron chi connectivity index (χ2n) is 4.37. The largest absolute Gasteiger partial charge is 0.467 e. The molecule has 0 aliphatic heterocycles. The number of alkyl halides is 3. The van der Waals surface area contributed by atoms with Crippen LogP contribution < -0.4 is 4.74 Å². The molecular weight excluding hydrogens is 297 g/mol. The minimum Gasteiger partial charge on any atom is -0.467 e. The predicted molar refractivity (Wildman–Crippen MR) is 72.8 cm³/mol. The molecule has 0 spiro atoms. The Morgan fingerprint density at radius 1 is 1.23 bits per heavy atom. The van der Waals surface area contributed by atoms with E-state index in [9.17, 15) is 13.2 Å². The highest BCUT2D eigenvalue weighted by Gasteiger charge is 2.32. The highest BCUT2D eigenvalue weighted by molar-refractivity contribution is 5.60. The monoisotopic (exact) mass is 308 g/mol. The van der Waals surface area contributed by atoms with Crippen LogP contribution in [0.25, 0.3) is 4.85 Å². The van der Waals surface area contributed by atoms with Gasteiger partial charge in [0, 0.05) is 6.61 Å². The van der Waals surface area contributed by atoms with Crippen molar-refractivity contribution in [2.24, 2.45) is 0 Å². The van der Waals surface area contributed by atoms with Crippen LogP contribution in [0.15, 0.2) is 36.5 Å². The van der Waals surface area contributed by atoms with E-state index < -0.39 is 11.9 Å². The van der Waals surface area contributed by atoms with Gasteiger partial charge in [-0.1, -0.05) is 11.6 Å². The van der Waals surface area contributed by atoms with Gasteiger partial charge in [0.05, 0.1) is 12.8 Å². The second kappa shape index (κ2) is 6.45. The number of aliphatic hydroxyl groups is 1. The summed E-state index contributed by atoms with van der Waals surface area (Å²) in [6.07, 6.45) is -3.14. The number of rotatable bonds is 4. The van der Waals surface area contributed by atoms with Crippen molar-refractivity contribution in [2.45, 2.75) is 12.6 Å². The average molecular weight is 308 g/mol. The Morgan fingerprint density at radius 3 is 2.55 bits per heavy atom. The molecule has 1 aromatic heterocycles. The van der Waals surface area contributed by atoms with Crippen LogP contribution in [0, 0.1) is 6.57 Å². The fourth-order valence-corrected chi connectivity index (χ4v) is 1.76. The molecule has 4 nitrogen and oxygen atoms in total. The first kappa shape index (κ1) is 15.8. The number of aromatic nitrogens is 1. The summed E-state index contributed by atoms with van der Waals surface area (Å²) in [5.41, 5.74) is -0.0270. The topological polar surface area (TPSA) is 46.7 Å². The maximum atomic E-state index is 12.4. The molecule has 0 aliphatic carbocycles. The SMILES string of the molecule is [C-]#[N+]c1cc(CCO)ccc1Oc1ccc(C(F)(F)F)nc1. The lowest BCUT2D eigenvalue weighted by atomic mass is 10.1. The van der Waals surface area contributed by atoms with Crippen LogP contribution in [0.4, 0.5) is 18.9 Å². The standard InChI is InChI=1S/C15H11F3N2O2/c1-19-12-8-10(6-7-21)2-4-13(12)22-11-3-5-14(20-9-11)15(16,17)18/h2-5,8-9,21H,6-7H2. The van der Waals surface area contributed by atoms with Crippen molar-refractivity contribution in [1.29, 1.82) is 0 Å². The van der Waals surface area contributed by atoms with E-state index in [0.717, 1.165) is 23.9 Å². The van der Waals surface area contributed by atoms with Crippen molar-refractivity contribution in [3.05, 3.63) is 59.2 Å². The average Bonchev–Trinajstić information content (AvgIpc) is 2.48. The Bertz CT molecular complexity index is 691. The first-order chi connectivity index (χ1) is 10.4. The first-order valence-corrected chi connectivity index (χ1v) is 6.26. The summed E-state index contributed by atoms with van der Waals surface area (Å²) in [6, 6.07) is 6.74. The maximum absolute atomic E-state index is 12.4. The van der Waals surface area contributed by atoms with E-state index in [4.69, 9.17) is 16.4 Å². The van der Waals surface area contributed by atoms with Crippen LogP contribution in [0.2, 0.25) is 0 Å². The first-order valence-electron chi connectivity index (χ1n) is 6.26. The molecule has 0 atom stereocenters. The van der Waals surface area contributed by atoms with Gasteiger partial charge in [0.2, 0.25) is 5.69 Å². The van der Waals surface area contributed by atoms with Gasteiger partial charge >= 0.3 is 6.18 Å². The number of ether oxygens (including phenoxy) is 1. The molecule has 1 aromatic carbocycles. The van der Waals surface area contributed by atoms with Crippen LogP contribution >= 0.6 is 0 Å². The normalized spacial score (nSPS) is 11.0. The Morgan fingerprint density at radius 2 is 2.00 bits per heavy atom. The summed E-state index contributed by atoms with van der Waals surface area (Å²) >= 11 is 0. The van der Waals surface area contributed by atoms with Crippen molar-refractivity contribution in [3.8, 4) is 11.5 Å². The van der Waals surface area contributed by atoms with E-state index in [-0.39, 0.29) is 23.8 Å². The molecule has 0 saturated heterocycles. The highest BCUT2D eigenvalue weighted by Crippen LogP contribution is 2.34. The van der Waals surface area contributed by atoms with Gasteiger partial charge < -0.3 is 9.84 Å². The lowest BCUT2D eigenvalue weighted by Gasteiger charge is -2.10. The van der Waals surface area contributed by atoms with E-state index in [1.54, 1.807) is 12.1 Å². The Labute approximate surface area is 124 Å². The maximum Gasteiger partial charge on any atom is 0.433 e. The molecule has 7 heteroatoms. The van der Waals surface area contributed by atoms with Crippen molar-refractivity contribution in [3.63, 3.8) is 0 Å². The summed E-state index contributed by atoms with van der Waals surface area (Å²) in [4.78, 5) is 6.60. The third kappa shape index (κ3) is 3.74. The molecule has 22 heavy (non-hydrogen) atoms. The third-order valence-corrected chi connectivity index (χ3v) is 2.80. The van der Waals surface area contributed by atoms with E-state index in [0.29, 0.717) is 6.42 Å². The van der Waals surface area contributed by atoms with Crippen molar-refractivity contribution >= 4 is 5.69 Å². The number of halogens is 3. The van der Waals surface area contributed by atoms with Crippen molar-refractivity contribution < 1.29 is 23.0 Å². The van der Waals surface area contributed by atoms with Gasteiger partial charge in [-0.05, 0) is 30.7 Å². The lowest BCUT2D eigenvalue weighted by molar-refractivity contribution is -0.141. The van der Waals surface area contributed by atoms with Crippen molar-refractivity contribution in [1.82, 2.24) is 4.98 Å². The van der Waals surface area contributed by atoms with Gasteiger partial charge in [-0.25, -0.2) is 9.83 Å². The van der Waals surface area contributed by atoms with E-state index in [1.807, 2.05) is 0 Å². The molecule has 0 unspecified atom stereocenters. The lowest BCUT2D eigenvalue weighted by Crippen LogP contribution is -2.07. The zero-order chi connectivity index (χ0) is 16.2. The Kier molecular flexibility index (Phi) is 4.63. The van der Waals surface area contributed by atoms with E-state index in [2.05, 4.69) is 9.83 Å². The smallest absolute Gasteiger partial charge is 0.433 e. The zero-order valence-corrected chi connectivity index (χ0v) is 11.3. The van der Waals surface area contributed by atoms with Crippen LogP contribution in [0.3, 0.4) is 0 Å². The third-order valence-electron chi connectivity index (χ3n) is 2.80. The summed E-state index contributed by atoms with van der Waals surface area (Å²) in [5, 5.41) is 8.87. The molecule has 0 aliphatic rings. The number of aliphatic hydroxyl groups excluding tert-OH is 1. The van der Waals surface area contributed by atoms with Crippen LogP contribution in [-0.2, 0) is 12.6 Å². The molecule has 0 radical (unpaired) electrons. The molecule has 0 fully saturated rings. The molecule has 1 heterocycles. The van der Waals surface area contributed by atoms with Crippen molar-refractivity contribution in [2.75, 3.05) is 6.61 Å². The fourth-order valence-electron chi connectivity index (χ4n) is 1.76. The van der Waals surface area contributed by atoms with Gasteiger partial charge in [0.1, 0.15) is 17.2 Å². The number of hydrogen-bond donors (Lipinski definition) is 1. The Hall–Kier alpha value is -2.59. The van der Waals surface area contributed by atoms with E-state index in [1.165, 1.54) is 6.07 Å². The molecule has 0 amide bonds. The van der Waals surface area contributed by atoms with Crippen LogP contribution in [-0.4, -0.2) is 16.7 Å². The fraction of sp³-hybridized carbons (Fsp3) is 0.200. The molecule has 2 rings (SSSR count). The van der Waals surface area contributed by atoms with Gasteiger partial charge in [-0.15, -0.1) is 0 Å². The molecule has 1 N–H and O–H groups in total. The summed E-state index contributed by atoms with van der Waals surface area (Å²) in [5.74, 6) is 0.325. The predicted octanol–water partition coefficient (Wildman–Crippen LogP) is 3.98. The minimum atomic E-state index is -4.51. The van der Waals surface area contributed by atoms with Gasteiger partial charge in [-0.2, -0.15) is 13.2 Å². The van der Waals surface area contributed by atoms with Crippen LogP contribution in [0.5, 0.6) is 11.5 Å². The second-order valence-corrected chi connectivity index (χ2v) is 4.37. The molecule has 114 valence electrons. The minimum absolute atomic E-state index is 0.0412. The summed E-state index contributed by atoms with van der Waals surface area (Å²) in [7, 11) is 0. The van der Waals surface area contributed by atoms with Crippen LogP contribution in [0.1, 0.15) is 11.3 Å². The highest BCUT2D eigenvalue weighted by atomic mass is 19.4. The Balaban J connectivity index is 2.22. The van der Waals surface area contributed by atoms with E-state index >= 15 is 0 Å². The molecule has 0 saturated carbocycles. The molecular formula is C15H11F3N2O2. The van der Waals surface area contributed by atoms with Gasteiger partial charge in [-0.3, -0.25) is 0 Å². The van der Waals surface area contributed by atoms with Gasteiger partial charge in [0.15, 0.2) is 0 Å². The zero-order valence-electron chi connectivity index (χ0n) is 11.3. The molecule has 2 aromatic rings. The quantitative estimate of drug-likeness (QED) is 0.869. The van der Waals surface area contributed by atoms with Gasteiger partial charge in [0.25, 0.3) is 0 Å². The molecule has 0 bridgehead atoms. The summed E-state index contributed by atoms with van der Waals surface area (Å²) < 4.78 is 42.7. The number of pyridine rings is 1.